The highest BCUT2D eigenvalue weighted by molar-refractivity contribution is 6.46. The molecule has 31 heavy (non-hydrogen) atoms. The third-order valence-corrected chi connectivity index (χ3v) is 5.93. The van der Waals surface area contributed by atoms with Gasteiger partial charge in [0.05, 0.1) is 18.2 Å². The number of nitrogens with one attached hydrogen (secondary N) is 1. The summed E-state index contributed by atoms with van der Waals surface area (Å²) in [4.78, 5) is 30.9. The molecular formula is C25H26N2O4. The van der Waals surface area contributed by atoms with Gasteiger partial charge in [-0.25, -0.2) is 0 Å². The predicted molar refractivity (Wildman–Crippen MR) is 120 cm³/mol. The molecule has 2 N–H and O–H groups in total. The molecule has 0 bridgehead atoms. The Morgan fingerprint density at radius 1 is 1.13 bits per heavy atom. The molecule has 4 rings (SSSR count). The molecule has 1 aliphatic heterocycles. The lowest BCUT2D eigenvalue weighted by Crippen LogP contribution is -2.32. The maximum absolute atomic E-state index is 13.1. The Morgan fingerprint density at radius 3 is 2.52 bits per heavy atom. The van der Waals surface area contributed by atoms with Crippen molar-refractivity contribution in [3.8, 4) is 0 Å². The lowest BCUT2D eigenvalue weighted by Gasteiger charge is -2.25. The molecule has 2 heterocycles. The van der Waals surface area contributed by atoms with Crippen LogP contribution in [0.3, 0.4) is 0 Å². The van der Waals surface area contributed by atoms with E-state index in [1.54, 1.807) is 19.2 Å². The quantitative estimate of drug-likeness (QED) is 0.359. The van der Waals surface area contributed by atoms with Crippen LogP contribution in [0.1, 0.15) is 35.3 Å². The van der Waals surface area contributed by atoms with Crippen molar-refractivity contribution in [3.63, 3.8) is 0 Å². The van der Waals surface area contributed by atoms with Crippen LogP contribution in [0.25, 0.3) is 16.7 Å². The maximum atomic E-state index is 13.1. The number of ether oxygens (including phenoxy) is 1. The van der Waals surface area contributed by atoms with Gasteiger partial charge in [0.2, 0.25) is 0 Å². The Kier molecular flexibility index (Phi) is 5.65. The van der Waals surface area contributed by atoms with Gasteiger partial charge < -0.3 is 19.7 Å². The topological polar surface area (TPSA) is 82.6 Å². The molecule has 1 aromatic heterocycles. The number of ketones is 1. The van der Waals surface area contributed by atoms with Crippen molar-refractivity contribution in [2.24, 2.45) is 0 Å². The fraction of sp³-hybridized carbons (Fsp3) is 0.280. The van der Waals surface area contributed by atoms with E-state index >= 15 is 0 Å². The molecule has 1 atom stereocenters. The Labute approximate surface area is 181 Å². The normalized spacial score (nSPS) is 18.3. The van der Waals surface area contributed by atoms with Gasteiger partial charge in [0.15, 0.2) is 0 Å². The van der Waals surface area contributed by atoms with E-state index in [1.165, 1.54) is 4.90 Å². The summed E-state index contributed by atoms with van der Waals surface area (Å²) in [5.41, 5.74) is 4.34. The van der Waals surface area contributed by atoms with Crippen LogP contribution in [0.5, 0.6) is 0 Å². The number of rotatable bonds is 6. The number of fused-ring (bicyclic) bond motifs is 1. The molecule has 1 aliphatic rings. The first-order chi connectivity index (χ1) is 15.0. The molecule has 1 unspecified atom stereocenters. The van der Waals surface area contributed by atoms with E-state index in [4.69, 9.17) is 4.74 Å². The lowest BCUT2D eigenvalue weighted by molar-refractivity contribution is -0.140. The first kappa shape index (κ1) is 20.9. The van der Waals surface area contributed by atoms with Crippen molar-refractivity contribution in [2.75, 3.05) is 20.3 Å². The molecule has 2 aromatic carbocycles. The van der Waals surface area contributed by atoms with E-state index in [0.717, 1.165) is 34.1 Å². The molecule has 6 nitrogen and oxygen atoms in total. The molecule has 0 spiro atoms. The second kappa shape index (κ2) is 8.40. The van der Waals surface area contributed by atoms with Crippen LogP contribution in [0, 0.1) is 6.92 Å². The van der Waals surface area contributed by atoms with Crippen LogP contribution >= 0.6 is 0 Å². The van der Waals surface area contributed by atoms with Crippen LogP contribution in [0.4, 0.5) is 0 Å². The van der Waals surface area contributed by atoms with Gasteiger partial charge in [0.1, 0.15) is 5.76 Å². The number of hydrogen-bond acceptors (Lipinski definition) is 4. The van der Waals surface area contributed by atoms with Crippen molar-refractivity contribution in [3.05, 3.63) is 76.5 Å². The number of H-pyrrole nitrogens is 1. The summed E-state index contributed by atoms with van der Waals surface area (Å²) in [6.07, 6.45) is 0.872. The molecule has 0 aliphatic carbocycles. The summed E-state index contributed by atoms with van der Waals surface area (Å²) in [5, 5.41) is 12.1. The number of carbonyl (C=O) groups is 2. The Balaban J connectivity index is 1.94. The van der Waals surface area contributed by atoms with Crippen LogP contribution in [-0.2, 0) is 20.7 Å². The highest BCUT2D eigenvalue weighted by atomic mass is 16.5. The molecule has 1 amide bonds. The van der Waals surface area contributed by atoms with Crippen molar-refractivity contribution in [1.82, 2.24) is 9.88 Å². The number of carbonyl (C=O) groups excluding carboxylic acids is 2. The molecule has 1 saturated heterocycles. The maximum Gasteiger partial charge on any atom is 0.295 e. The SMILES string of the molecule is CCc1ccc(/C(O)=C2\C(=O)C(=O)N(CCOC)C2c2c(C)[nH]c3ccccc23)cc1. The Morgan fingerprint density at radius 2 is 1.84 bits per heavy atom. The number of benzene rings is 2. The first-order valence-corrected chi connectivity index (χ1v) is 10.4. The zero-order valence-electron chi connectivity index (χ0n) is 17.9. The first-order valence-electron chi connectivity index (χ1n) is 10.4. The van der Waals surface area contributed by atoms with Gasteiger partial charge in [-0.15, -0.1) is 0 Å². The van der Waals surface area contributed by atoms with Crippen molar-refractivity contribution in [1.29, 1.82) is 0 Å². The average Bonchev–Trinajstić information content (AvgIpc) is 3.24. The van der Waals surface area contributed by atoms with E-state index in [9.17, 15) is 14.7 Å². The van der Waals surface area contributed by atoms with Gasteiger partial charge in [-0.05, 0) is 25.0 Å². The van der Waals surface area contributed by atoms with Crippen molar-refractivity contribution >= 4 is 28.4 Å². The molecule has 160 valence electrons. The number of hydrogen-bond donors (Lipinski definition) is 2. The molecule has 1 fully saturated rings. The number of amides is 1. The zero-order valence-corrected chi connectivity index (χ0v) is 17.9. The zero-order chi connectivity index (χ0) is 22.1. The van der Waals surface area contributed by atoms with Crippen LogP contribution < -0.4 is 0 Å². The second-order valence-electron chi connectivity index (χ2n) is 7.75. The minimum absolute atomic E-state index is 0.109. The summed E-state index contributed by atoms with van der Waals surface area (Å²) < 4.78 is 5.19. The van der Waals surface area contributed by atoms with E-state index in [2.05, 4.69) is 11.9 Å². The standard InChI is InChI=1S/C25H26N2O4/c1-4-16-9-11-17(12-10-16)23(28)21-22(27(13-14-31-3)25(30)24(21)29)20-15(2)26-19-8-6-5-7-18(19)20/h5-12,22,26,28H,4,13-14H2,1-3H3/b23-21+. The van der Waals surface area contributed by atoms with Gasteiger partial charge in [0.25, 0.3) is 11.7 Å². The molecule has 0 saturated carbocycles. The number of aliphatic hydroxyl groups is 1. The van der Waals surface area contributed by atoms with E-state index in [0.29, 0.717) is 5.56 Å². The fourth-order valence-electron chi connectivity index (χ4n) is 4.30. The molecule has 6 heteroatoms. The molecule has 3 aromatic rings. The van der Waals surface area contributed by atoms with Gasteiger partial charge in [-0.3, -0.25) is 9.59 Å². The van der Waals surface area contributed by atoms with Crippen molar-refractivity contribution < 1.29 is 19.4 Å². The van der Waals surface area contributed by atoms with Crippen molar-refractivity contribution in [2.45, 2.75) is 26.3 Å². The highest BCUT2D eigenvalue weighted by Gasteiger charge is 2.47. The third kappa shape index (κ3) is 3.53. The summed E-state index contributed by atoms with van der Waals surface area (Å²) in [6.45, 7) is 4.50. The number of methoxy groups -OCH3 is 1. The minimum Gasteiger partial charge on any atom is -0.507 e. The summed E-state index contributed by atoms with van der Waals surface area (Å²) in [6, 6.07) is 14.5. The molecule has 0 radical (unpaired) electrons. The van der Waals surface area contributed by atoms with E-state index < -0.39 is 17.7 Å². The van der Waals surface area contributed by atoms with E-state index in [-0.39, 0.29) is 24.5 Å². The number of Topliss-reactive ketones (excluding diaryl/α,β-unsaturated/α-hetero) is 1. The largest absolute Gasteiger partial charge is 0.507 e. The number of nitrogens with zero attached hydrogens (tertiary/aromatic N) is 1. The van der Waals surface area contributed by atoms with Gasteiger partial charge in [-0.1, -0.05) is 49.4 Å². The smallest absolute Gasteiger partial charge is 0.295 e. The number of aliphatic hydroxyl groups excluding tert-OH is 1. The second-order valence-corrected chi connectivity index (χ2v) is 7.75. The van der Waals surface area contributed by atoms with Crippen LogP contribution in [0.15, 0.2) is 54.1 Å². The Hall–Kier alpha value is -3.38. The van der Waals surface area contributed by atoms with Gasteiger partial charge in [0, 0.05) is 41.4 Å². The minimum atomic E-state index is -0.697. The molecular weight excluding hydrogens is 392 g/mol. The Bertz CT molecular complexity index is 1170. The number of aromatic nitrogens is 1. The number of para-hydroxylation sites is 1. The lowest BCUT2D eigenvalue weighted by atomic mass is 9.93. The number of aromatic amines is 1. The predicted octanol–water partition coefficient (Wildman–Crippen LogP) is 4.11. The monoisotopic (exact) mass is 418 g/mol. The average molecular weight is 418 g/mol. The summed E-state index contributed by atoms with van der Waals surface area (Å²) in [5.74, 6) is -1.46. The van der Waals surface area contributed by atoms with Gasteiger partial charge >= 0.3 is 0 Å². The van der Waals surface area contributed by atoms with Gasteiger partial charge in [-0.2, -0.15) is 0 Å². The summed E-state index contributed by atoms with van der Waals surface area (Å²) >= 11 is 0. The third-order valence-electron chi connectivity index (χ3n) is 5.93. The highest BCUT2D eigenvalue weighted by Crippen LogP contribution is 2.43. The number of likely N-dealkylation sites (tertiary alicyclic amines) is 1. The summed E-state index contributed by atoms with van der Waals surface area (Å²) in [7, 11) is 1.55. The number of aryl methyl sites for hydroxylation is 2. The van der Waals surface area contributed by atoms with E-state index in [1.807, 2.05) is 43.3 Å². The fourth-order valence-corrected chi connectivity index (χ4v) is 4.30. The van der Waals surface area contributed by atoms with Crippen LogP contribution in [0.2, 0.25) is 0 Å². The van der Waals surface area contributed by atoms with Crippen LogP contribution in [-0.4, -0.2) is 46.9 Å².